The van der Waals surface area contributed by atoms with Gasteiger partial charge in [-0.25, -0.2) is 4.39 Å². The zero-order valence-electron chi connectivity index (χ0n) is 19.8. The lowest BCUT2D eigenvalue weighted by Gasteiger charge is -2.37. The predicted octanol–water partition coefficient (Wildman–Crippen LogP) is 1.90. The molecule has 0 unspecified atom stereocenters. The number of piperidine rings is 1. The number of benzene rings is 1. The molecule has 1 aromatic rings. The Balaban J connectivity index is 1.37. The maximum atomic E-state index is 13.8. The number of rotatable bonds is 7. The predicted molar refractivity (Wildman–Crippen MR) is 123 cm³/mol. The van der Waals surface area contributed by atoms with Gasteiger partial charge in [-0.3, -0.25) is 14.4 Å². The van der Waals surface area contributed by atoms with Crippen LogP contribution >= 0.6 is 0 Å². The first-order valence-electron chi connectivity index (χ1n) is 12.2. The normalized spacial score (nSPS) is 25.2. The Kier molecular flexibility index (Phi) is 7.70. The van der Waals surface area contributed by atoms with Gasteiger partial charge in [-0.15, -0.1) is 0 Å². The van der Waals surface area contributed by atoms with Gasteiger partial charge < -0.3 is 24.6 Å². The Hall–Kier alpha value is -2.68. The number of methoxy groups -OCH3 is 1. The fourth-order valence-electron chi connectivity index (χ4n) is 5.34. The van der Waals surface area contributed by atoms with Crippen LogP contribution in [0.5, 0.6) is 5.75 Å². The number of halogens is 1. The summed E-state index contributed by atoms with van der Waals surface area (Å²) in [5, 5.41) is 3.08. The largest absolute Gasteiger partial charge is 0.494 e. The molecule has 0 spiro atoms. The summed E-state index contributed by atoms with van der Waals surface area (Å²) in [6.45, 7) is 3.45. The molecule has 9 heteroatoms. The number of hydrogen-bond donors (Lipinski definition) is 1. The third-order valence-electron chi connectivity index (χ3n) is 7.26. The molecule has 186 valence electrons. The summed E-state index contributed by atoms with van der Waals surface area (Å²) in [5.74, 6) is -0.338. The topological polar surface area (TPSA) is 88.2 Å². The molecule has 1 N–H and O–H groups in total. The number of hydrogen-bond acceptors (Lipinski definition) is 5. The van der Waals surface area contributed by atoms with E-state index in [1.165, 1.54) is 13.2 Å². The molecule has 3 amide bonds. The summed E-state index contributed by atoms with van der Waals surface area (Å²) in [6, 6.07) is 4.71. The van der Waals surface area contributed by atoms with E-state index in [1.807, 2.05) is 4.90 Å². The number of amides is 3. The molecule has 8 nitrogen and oxygen atoms in total. The molecule has 0 aromatic heterocycles. The molecule has 3 aliphatic rings. The summed E-state index contributed by atoms with van der Waals surface area (Å²) in [5.41, 5.74) is 0.302. The van der Waals surface area contributed by atoms with Crippen molar-refractivity contribution in [2.45, 2.75) is 50.5 Å². The average Bonchev–Trinajstić information content (AvgIpc) is 3.24. The molecule has 2 atom stereocenters. The highest BCUT2D eigenvalue weighted by Crippen LogP contribution is 2.32. The minimum Gasteiger partial charge on any atom is -0.494 e. The Morgan fingerprint density at radius 3 is 2.74 bits per heavy atom. The smallest absolute Gasteiger partial charge is 0.227 e. The van der Waals surface area contributed by atoms with E-state index in [9.17, 15) is 18.8 Å². The van der Waals surface area contributed by atoms with Gasteiger partial charge in [0.25, 0.3) is 0 Å². The van der Waals surface area contributed by atoms with Crippen LogP contribution in [0.4, 0.5) is 4.39 Å². The van der Waals surface area contributed by atoms with E-state index >= 15 is 0 Å². The van der Waals surface area contributed by atoms with Gasteiger partial charge in [0.1, 0.15) is 0 Å². The number of nitrogens with one attached hydrogen (secondary N) is 1. The van der Waals surface area contributed by atoms with Crippen LogP contribution in [0.2, 0.25) is 0 Å². The Bertz CT molecular complexity index is 920. The van der Waals surface area contributed by atoms with E-state index in [1.54, 1.807) is 17.0 Å². The fourth-order valence-corrected chi connectivity index (χ4v) is 5.34. The van der Waals surface area contributed by atoms with Crippen molar-refractivity contribution >= 4 is 17.7 Å². The number of morpholine rings is 1. The number of carbonyl (C=O) groups is 3. The molecular weight excluding hydrogens is 441 g/mol. The second-order valence-corrected chi connectivity index (χ2v) is 9.59. The first kappa shape index (κ1) is 24.4. The minimum absolute atomic E-state index is 0.0108. The van der Waals surface area contributed by atoms with E-state index in [2.05, 4.69) is 5.32 Å². The van der Waals surface area contributed by atoms with Gasteiger partial charge in [0.05, 0.1) is 26.2 Å². The molecule has 0 bridgehead atoms. The van der Waals surface area contributed by atoms with Gasteiger partial charge in [-0.2, -0.15) is 0 Å². The summed E-state index contributed by atoms with van der Waals surface area (Å²) >= 11 is 0. The van der Waals surface area contributed by atoms with Crippen LogP contribution in [0.15, 0.2) is 18.2 Å². The number of nitrogens with zero attached hydrogens (tertiary/aromatic N) is 2. The SMILES string of the molecule is COc1cc(C[C@@]2(CCC(=O)N3CCC[C@H](C(=O)N4CCOCC4)C3)CCC(=O)N2)ccc1F. The zero-order valence-corrected chi connectivity index (χ0v) is 19.8. The molecule has 1 aromatic carbocycles. The molecule has 3 saturated heterocycles. The monoisotopic (exact) mass is 475 g/mol. The van der Waals surface area contributed by atoms with E-state index in [-0.39, 0.29) is 35.8 Å². The molecule has 0 saturated carbocycles. The first-order chi connectivity index (χ1) is 16.4. The molecule has 3 fully saturated rings. The van der Waals surface area contributed by atoms with Crippen molar-refractivity contribution in [3.63, 3.8) is 0 Å². The number of carbonyl (C=O) groups excluding carboxylic acids is 3. The lowest BCUT2D eigenvalue weighted by atomic mass is 9.84. The van der Waals surface area contributed by atoms with Crippen LogP contribution in [0, 0.1) is 11.7 Å². The quantitative estimate of drug-likeness (QED) is 0.651. The maximum Gasteiger partial charge on any atom is 0.227 e. The number of likely N-dealkylation sites (tertiary alicyclic amines) is 1. The van der Waals surface area contributed by atoms with Gasteiger partial charge in [0, 0.05) is 44.6 Å². The van der Waals surface area contributed by atoms with Crippen molar-refractivity contribution in [2.75, 3.05) is 46.5 Å². The maximum absolute atomic E-state index is 13.8. The highest BCUT2D eigenvalue weighted by Gasteiger charge is 2.39. The van der Waals surface area contributed by atoms with Crippen molar-refractivity contribution < 1.29 is 28.2 Å². The summed E-state index contributed by atoms with van der Waals surface area (Å²) in [7, 11) is 1.42. The zero-order chi connectivity index (χ0) is 24.1. The summed E-state index contributed by atoms with van der Waals surface area (Å²) < 4.78 is 24.3. The standard InChI is InChI=1S/C25H34FN3O5/c1-33-21-15-18(4-5-20(21)26)16-25(8-6-22(30)27-25)9-7-23(31)29-10-2-3-19(17-29)24(32)28-11-13-34-14-12-28/h4-5,15,19H,2-3,6-14,16-17H2,1H3,(H,27,30)/t19-,25-/m0/s1. The van der Waals surface area contributed by atoms with Crippen LogP contribution in [0.25, 0.3) is 0 Å². The van der Waals surface area contributed by atoms with Crippen LogP contribution in [0.1, 0.15) is 44.1 Å². The summed E-state index contributed by atoms with van der Waals surface area (Å²) in [4.78, 5) is 41.8. The van der Waals surface area contributed by atoms with Crippen molar-refractivity contribution in [1.82, 2.24) is 15.1 Å². The van der Waals surface area contributed by atoms with Gasteiger partial charge in [-0.1, -0.05) is 6.07 Å². The highest BCUT2D eigenvalue weighted by molar-refractivity contribution is 5.82. The molecule has 34 heavy (non-hydrogen) atoms. The lowest BCUT2D eigenvalue weighted by Crippen LogP contribution is -2.50. The molecular formula is C25H34FN3O5. The second-order valence-electron chi connectivity index (χ2n) is 9.59. The number of ether oxygens (including phenoxy) is 2. The van der Waals surface area contributed by atoms with E-state index in [0.717, 1.165) is 18.4 Å². The van der Waals surface area contributed by atoms with Gasteiger partial charge in [-0.05, 0) is 49.8 Å². The van der Waals surface area contributed by atoms with Crippen molar-refractivity contribution in [3.05, 3.63) is 29.6 Å². The van der Waals surface area contributed by atoms with Crippen molar-refractivity contribution in [2.24, 2.45) is 5.92 Å². The Morgan fingerprint density at radius 1 is 1.24 bits per heavy atom. The second kappa shape index (κ2) is 10.7. The van der Waals surface area contributed by atoms with Crippen LogP contribution < -0.4 is 10.1 Å². The van der Waals surface area contributed by atoms with Gasteiger partial charge in [0.2, 0.25) is 17.7 Å². The first-order valence-corrected chi connectivity index (χ1v) is 12.2. The lowest BCUT2D eigenvalue weighted by molar-refractivity contribution is -0.144. The van der Waals surface area contributed by atoms with Crippen molar-refractivity contribution in [3.8, 4) is 5.75 Å². The van der Waals surface area contributed by atoms with Gasteiger partial charge in [0.15, 0.2) is 11.6 Å². The summed E-state index contributed by atoms with van der Waals surface area (Å²) in [6.07, 6.45) is 3.92. The third kappa shape index (κ3) is 5.68. The molecule has 3 aliphatic heterocycles. The molecule has 3 heterocycles. The van der Waals surface area contributed by atoms with Gasteiger partial charge >= 0.3 is 0 Å². The van der Waals surface area contributed by atoms with E-state index in [4.69, 9.17) is 9.47 Å². The molecule has 0 aliphatic carbocycles. The van der Waals surface area contributed by atoms with Crippen LogP contribution in [-0.2, 0) is 25.5 Å². The van der Waals surface area contributed by atoms with Crippen molar-refractivity contribution in [1.29, 1.82) is 0 Å². The van der Waals surface area contributed by atoms with Crippen LogP contribution in [0.3, 0.4) is 0 Å². The van der Waals surface area contributed by atoms with E-state index in [0.29, 0.717) is 65.1 Å². The third-order valence-corrected chi connectivity index (χ3v) is 7.26. The Labute approximate surface area is 199 Å². The molecule has 4 rings (SSSR count). The highest BCUT2D eigenvalue weighted by atomic mass is 19.1. The molecule has 0 radical (unpaired) electrons. The van der Waals surface area contributed by atoms with Crippen LogP contribution in [-0.4, -0.2) is 79.6 Å². The minimum atomic E-state index is -0.547. The fraction of sp³-hybridized carbons (Fsp3) is 0.640. The Morgan fingerprint density at radius 2 is 2.03 bits per heavy atom. The average molecular weight is 476 g/mol. The van der Waals surface area contributed by atoms with E-state index < -0.39 is 11.4 Å².